The van der Waals surface area contributed by atoms with E-state index in [1.807, 2.05) is 59.3 Å². The molecule has 0 fully saturated rings. The van der Waals surface area contributed by atoms with Crippen molar-refractivity contribution in [1.29, 1.82) is 0 Å². The van der Waals surface area contributed by atoms with Crippen LogP contribution in [0.4, 0.5) is 4.39 Å². The Balaban J connectivity index is 1.53. The molecule has 28 heavy (non-hydrogen) atoms. The van der Waals surface area contributed by atoms with E-state index >= 15 is 0 Å². The fourth-order valence-corrected chi connectivity index (χ4v) is 3.68. The molecule has 2 heterocycles. The van der Waals surface area contributed by atoms with E-state index < -0.39 is 0 Å². The average Bonchev–Trinajstić information content (AvgIpc) is 3.35. The predicted molar refractivity (Wildman–Crippen MR) is 109 cm³/mol. The zero-order valence-corrected chi connectivity index (χ0v) is 15.9. The molecule has 0 aliphatic heterocycles. The minimum atomic E-state index is -0.283. The highest BCUT2D eigenvalue weighted by atomic mass is 32.2. The van der Waals surface area contributed by atoms with Crippen LogP contribution >= 0.6 is 11.8 Å². The largest absolute Gasteiger partial charge is 0.298 e. The highest BCUT2D eigenvalue weighted by Crippen LogP contribution is 2.26. The summed E-state index contributed by atoms with van der Waals surface area (Å²) in [7, 11) is 0. The van der Waals surface area contributed by atoms with Crippen molar-refractivity contribution < 1.29 is 4.39 Å². The molecule has 140 valence electrons. The third kappa shape index (κ3) is 3.89. The predicted octanol–water partition coefficient (Wildman–Crippen LogP) is 4.75. The summed E-state index contributed by atoms with van der Waals surface area (Å²) in [5.74, 6) is 1.16. The van der Waals surface area contributed by atoms with Crippen molar-refractivity contribution in [3.8, 4) is 17.1 Å². The van der Waals surface area contributed by atoms with Gasteiger partial charge in [0.15, 0.2) is 11.0 Å². The summed E-state index contributed by atoms with van der Waals surface area (Å²) in [6, 6.07) is 18.2. The zero-order chi connectivity index (χ0) is 19.3. The Hall–Kier alpha value is -3.19. The lowest BCUT2D eigenvalue weighted by atomic mass is 10.2. The van der Waals surface area contributed by atoms with E-state index in [0.717, 1.165) is 22.2 Å². The normalized spacial score (nSPS) is 10.9. The number of nitrogens with zero attached hydrogens (tertiary/aromatic N) is 5. The number of hydrogen-bond acceptors (Lipinski definition) is 4. The molecule has 0 saturated heterocycles. The first-order valence-electron chi connectivity index (χ1n) is 8.77. The molecule has 0 N–H and O–H groups in total. The quantitative estimate of drug-likeness (QED) is 0.337. The molecule has 0 unspecified atom stereocenters. The van der Waals surface area contributed by atoms with Crippen molar-refractivity contribution in [2.75, 3.05) is 0 Å². The maximum Gasteiger partial charge on any atom is 0.192 e. The number of benzene rings is 2. The van der Waals surface area contributed by atoms with Gasteiger partial charge in [0.2, 0.25) is 0 Å². The Labute approximate surface area is 166 Å². The number of aromatic nitrogens is 5. The highest BCUT2D eigenvalue weighted by molar-refractivity contribution is 7.98. The highest BCUT2D eigenvalue weighted by Gasteiger charge is 2.14. The van der Waals surface area contributed by atoms with Crippen molar-refractivity contribution in [1.82, 2.24) is 24.5 Å². The number of hydrogen-bond donors (Lipinski definition) is 0. The van der Waals surface area contributed by atoms with Gasteiger partial charge in [0, 0.05) is 24.1 Å². The topological polar surface area (TPSA) is 48.5 Å². The van der Waals surface area contributed by atoms with Gasteiger partial charge in [-0.1, -0.05) is 54.2 Å². The standard InChI is InChI=1S/C21H18FN5S/c1-2-12-26-20(16-7-4-3-5-8-16)23-24-21(26)28-15-18-11-13-27(25-18)19-10-6-9-17(22)14-19/h2-11,13-14H,1,12,15H2. The SMILES string of the molecule is C=CCn1c(SCc2ccn(-c3cccc(F)c3)n2)nnc1-c1ccccc1. The minimum Gasteiger partial charge on any atom is -0.298 e. The Morgan fingerprint density at radius 3 is 2.68 bits per heavy atom. The van der Waals surface area contributed by atoms with E-state index in [0.29, 0.717) is 18.0 Å². The maximum atomic E-state index is 13.4. The molecule has 0 atom stereocenters. The molecule has 0 aliphatic carbocycles. The lowest BCUT2D eigenvalue weighted by molar-refractivity contribution is 0.625. The van der Waals surface area contributed by atoms with Crippen molar-refractivity contribution in [2.24, 2.45) is 0 Å². The molecule has 2 aromatic heterocycles. The van der Waals surface area contributed by atoms with Gasteiger partial charge < -0.3 is 0 Å². The van der Waals surface area contributed by atoms with Crippen molar-refractivity contribution in [3.05, 3.63) is 91.0 Å². The second-order valence-corrected chi connectivity index (χ2v) is 7.03. The molecule has 0 saturated carbocycles. The van der Waals surface area contributed by atoms with E-state index in [9.17, 15) is 4.39 Å². The van der Waals surface area contributed by atoms with Gasteiger partial charge in [-0.05, 0) is 24.3 Å². The molecule has 4 aromatic rings. The van der Waals surface area contributed by atoms with Crippen LogP contribution in [0.5, 0.6) is 0 Å². The smallest absolute Gasteiger partial charge is 0.192 e. The first kappa shape index (κ1) is 18.2. The third-order valence-corrected chi connectivity index (χ3v) is 5.13. The number of thioether (sulfide) groups is 1. The van der Waals surface area contributed by atoms with E-state index in [1.165, 1.54) is 12.1 Å². The van der Waals surface area contributed by atoms with Gasteiger partial charge in [-0.25, -0.2) is 9.07 Å². The van der Waals surface area contributed by atoms with Gasteiger partial charge in [0.25, 0.3) is 0 Å². The van der Waals surface area contributed by atoms with Crippen LogP contribution in [0.15, 0.2) is 84.7 Å². The summed E-state index contributed by atoms with van der Waals surface area (Å²) in [5.41, 5.74) is 2.58. The van der Waals surface area contributed by atoms with Crippen LogP contribution in [0.2, 0.25) is 0 Å². The zero-order valence-electron chi connectivity index (χ0n) is 15.1. The lowest BCUT2D eigenvalue weighted by Gasteiger charge is -2.07. The summed E-state index contributed by atoms with van der Waals surface area (Å²) in [5, 5.41) is 14.0. The van der Waals surface area contributed by atoms with Gasteiger partial charge in [-0.2, -0.15) is 5.10 Å². The van der Waals surface area contributed by atoms with Gasteiger partial charge in [-0.3, -0.25) is 4.57 Å². The lowest BCUT2D eigenvalue weighted by Crippen LogP contribution is -2.01. The summed E-state index contributed by atoms with van der Waals surface area (Å²) in [6.45, 7) is 4.46. The first-order chi connectivity index (χ1) is 13.7. The van der Waals surface area contributed by atoms with E-state index in [1.54, 1.807) is 22.5 Å². The maximum absolute atomic E-state index is 13.4. The summed E-state index contributed by atoms with van der Waals surface area (Å²) in [4.78, 5) is 0. The summed E-state index contributed by atoms with van der Waals surface area (Å²) >= 11 is 1.56. The fraction of sp³-hybridized carbons (Fsp3) is 0.0952. The number of allylic oxidation sites excluding steroid dienone is 1. The fourth-order valence-electron chi connectivity index (χ4n) is 2.83. The second kappa shape index (κ2) is 8.22. The monoisotopic (exact) mass is 391 g/mol. The summed E-state index contributed by atoms with van der Waals surface area (Å²) in [6.07, 6.45) is 3.66. The Bertz CT molecular complexity index is 1090. The van der Waals surface area contributed by atoms with Crippen LogP contribution in [-0.4, -0.2) is 24.5 Å². The molecule has 5 nitrogen and oxygen atoms in total. The molecule has 0 spiro atoms. The van der Waals surface area contributed by atoms with Gasteiger partial charge in [0.1, 0.15) is 5.82 Å². The first-order valence-corrected chi connectivity index (χ1v) is 9.76. The van der Waals surface area contributed by atoms with Crippen LogP contribution in [0.1, 0.15) is 5.69 Å². The van der Waals surface area contributed by atoms with Crippen LogP contribution in [-0.2, 0) is 12.3 Å². The van der Waals surface area contributed by atoms with E-state index in [2.05, 4.69) is 21.9 Å². The van der Waals surface area contributed by atoms with Crippen LogP contribution < -0.4 is 0 Å². The van der Waals surface area contributed by atoms with Crippen molar-refractivity contribution >= 4 is 11.8 Å². The molecule has 0 aliphatic rings. The Morgan fingerprint density at radius 1 is 1.04 bits per heavy atom. The van der Waals surface area contributed by atoms with Gasteiger partial charge in [-0.15, -0.1) is 16.8 Å². The van der Waals surface area contributed by atoms with Crippen molar-refractivity contribution in [3.63, 3.8) is 0 Å². The molecule has 2 aromatic carbocycles. The minimum absolute atomic E-state index is 0.283. The van der Waals surface area contributed by atoms with E-state index in [-0.39, 0.29) is 5.82 Å². The molecular weight excluding hydrogens is 373 g/mol. The molecule has 7 heteroatoms. The number of halogens is 1. The number of rotatable bonds is 7. The van der Waals surface area contributed by atoms with Crippen LogP contribution in [0.25, 0.3) is 17.1 Å². The van der Waals surface area contributed by atoms with E-state index in [4.69, 9.17) is 0 Å². The molecule has 4 rings (SSSR count). The van der Waals surface area contributed by atoms with Crippen molar-refractivity contribution in [2.45, 2.75) is 17.5 Å². The molecule has 0 amide bonds. The second-order valence-electron chi connectivity index (χ2n) is 6.09. The Kier molecular flexibility index (Phi) is 5.34. The van der Waals surface area contributed by atoms with Crippen LogP contribution in [0.3, 0.4) is 0 Å². The summed E-state index contributed by atoms with van der Waals surface area (Å²) < 4.78 is 17.1. The average molecular weight is 391 g/mol. The molecule has 0 bridgehead atoms. The third-order valence-electron chi connectivity index (χ3n) is 4.13. The van der Waals surface area contributed by atoms with Gasteiger partial charge in [0.05, 0.1) is 11.4 Å². The molecular formula is C21H18FN5S. The Morgan fingerprint density at radius 2 is 1.89 bits per heavy atom. The molecule has 0 radical (unpaired) electrons. The van der Waals surface area contributed by atoms with Crippen LogP contribution in [0, 0.1) is 5.82 Å². The van der Waals surface area contributed by atoms with Gasteiger partial charge >= 0.3 is 0 Å².